The van der Waals surface area contributed by atoms with Crippen LogP contribution in [0.1, 0.15) is 0 Å². The number of rotatable bonds is 1. The molecule has 0 amide bonds. The average molecular weight is 322 g/mol. The lowest BCUT2D eigenvalue weighted by Crippen LogP contribution is -2.06. The number of hydrogen-bond donors (Lipinski definition) is 2. The van der Waals surface area contributed by atoms with Crippen LogP contribution in [0.5, 0.6) is 5.75 Å². The van der Waals surface area contributed by atoms with Gasteiger partial charge in [-0.25, -0.2) is 0 Å². The zero-order valence-electron chi connectivity index (χ0n) is 8.07. The predicted octanol–water partition coefficient (Wildman–Crippen LogP) is 1.65. The minimum absolute atomic E-state index is 0.0372. The zero-order chi connectivity index (χ0) is 12.8. The molecule has 0 atom stereocenters. The van der Waals surface area contributed by atoms with Crippen LogP contribution >= 0.6 is 15.9 Å². The molecule has 90 valence electrons. The van der Waals surface area contributed by atoms with E-state index in [4.69, 9.17) is 0 Å². The van der Waals surface area contributed by atoms with Crippen molar-refractivity contribution in [3.63, 3.8) is 0 Å². The highest BCUT2D eigenvalue weighted by Crippen LogP contribution is 2.31. The van der Waals surface area contributed by atoms with Crippen molar-refractivity contribution in [1.82, 2.24) is 4.98 Å². The van der Waals surface area contributed by atoms with Gasteiger partial charge < -0.3 is 10.1 Å². The summed E-state index contributed by atoms with van der Waals surface area (Å²) in [7, 11) is -5.00. The first kappa shape index (κ1) is 12.1. The quantitative estimate of drug-likeness (QED) is 0.782. The van der Waals surface area contributed by atoms with E-state index in [9.17, 15) is 22.2 Å². The highest BCUT2D eigenvalue weighted by molar-refractivity contribution is 9.10. The Balaban J connectivity index is 3.09. The topological polar surface area (TPSA) is 87.2 Å². The predicted molar refractivity (Wildman–Crippen MR) is 62.2 cm³/mol. The SMILES string of the molecule is O=c1cc(O)c2cc(Br)cc(S(=O)(=O)F)c2[nH]1. The smallest absolute Gasteiger partial charge is 0.334 e. The summed E-state index contributed by atoms with van der Waals surface area (Å²) < 4.78 is 35.2. The van der Waals surface area contributed by atoms with E-state index in [1.807, 2.05) is 0 Å². The summed E-state index contributed by atoms with van der Waals surface area (Å²) in [5, 5.41) is 9.55. The number of benzene rings is 1. The molecule has 0 aliphatic carbocycles. The number of H-pyrrole nitrogens is 1. The molecule has 0 aliphatic heterocycles. The van der Waals surface area contributed by atoms with Gasteiger partial charge in [-0.05, 0) is 12.1 Å². The molecule has 2 aromatic rings. The molecule has 0 spiro atoms. The van der Waals surface area contributed by atoms with Gasteiger partial charge in [0.25, 0.3) is 5.56 Å². The molecular formula is C9H5BrFNO4S. The molecule has 0 saturated carbocycles. The lowest BCUT2D eigenvalue weighted by atomic mass is 10.2. The monoisotopic (exact) mass is 321 g/mol. The molecule has 1 heterocycles. The number of aromatic nitrogens is 1. The van der Waals surface area contributed by atoms with E-state index in [0.29, 0.717) is 0 Å². The second kappa shape index (κ2) is 3.81. The van der Waals surface area contributed by atoms with Gasteiger partial charge in [-0.1, -0.05) is 15.9 Å². The largest absolute Gasteiger partial charge is 0.507 e. The van der Waals surface area contributed by atoms with E-state index in [-0.39, 0.29) is 15.4 Å². The van der Waals surface area contributed by atoms with Crippen molar-refractivity contribution in [2.24, 2.45) is 0 Å². The van der Waals surface area contributed by atoms with Crippen LogP contribution < -0.4 is 5.56 Å². The number of fused-ring (bicyclic) bond motifs is 1. The minimum Gasteiger partial charge on any atom is -0.507 e. The third-order valence-electron chi connectivity index (χ3n) is 2.12. The summed E-state index contributed by atoms with van der Waals surface area (Å²) in [5.74, 6) is -0.421. The minimum atomic E-state index is -5.00. The van der Waals surface area contributed by atoms with E-state index in [1.165, 1.54) is 6.07 Å². The number of aromatic hydroxyl groups is 1. The summed E-state index contributed by atoms with van der Waals surface area (Å²) in [4.78, 5) is 12.6. The molecule has 0 unspecified atom stereocenters. The molecule has 2 rings (SSSR count). The Morgan fingerprint density at radius 3 is 2.53 bits per heavy atom. The molecule has 5 nitrogen and oxygen atoms in total. The Morgan fingerprint density at radius 2 is 1.94 bits per heavy atom. The molecule has 2 N–H and O–H groups in total. The van der Waals surface area contributed by atoms with Crippen LogP contribution in [-0.2, 0) is 10.2 Å². The molecule has 1 aromatic carbocycles. The summed E-state index contributed by atoms with van der Waals surface area (Å²) in [6.07, 6.45) is 0. The van der Waals surface area contributed by atoms with Gasteiger partial charge in [-0.2, -0.15) is 8.42 Å². The van der Waals surface area contributed by atoms with Crippen molar-refractivity contribution in [1.29, 1.82) is 0 Å². The number of pyridine rings is 1. The average Bonchev–Trinajstić information content (AvgIpc) is 2.16. The van der Waals surface area contributed by atoms with Gasteiger partial charge in [0.05, 0.1) is 5.52 Å². The number of halogens is 2. The third-order valence-corrected chi connectivity index (χ3v) is 3.43. The van der Waals surface area contributed by atoms with Crippen molar-refractivity contribution in [2.75, 3.05) is 0 Å². The first-order chi connectivity index (χ1) is 7.79. The molecule has 0 fully saturated rings. The molecule has 17 heavy (non-hydrogen) atoms. The number of nitrogens with one attached hydrogen (secondary N) is 1. The standard InChI is InChI=1S/C9H5BrFNO4S/c10-4-1-5-6(13)3-8(14)12-9(5)7(2-4)17(11,15)16/h1-3H,(H2,12,13,14). The molecule has 8 heteroatoms. The fraction of sp³-hybridized carbons (Fsp3) is 0. The summed E-state index contributed by atoms with van der Waals surface area (Å²) in [6.45, 7) is 0. The summed E-state index contributed by atoms with van der Waals surface area (Å²) in [6, 6.07) is 3.26. The maximum atomic E-state index is 13.0. The van der Waals surface area contributed by atoms with Gasteiger partial charge in [-0.15, -0.1) is 3.89 Å². The first-order valence-electron chi connectivity index (χ1n) is 4.29. The molecule has 1 aromatic heterocycles. The van der Waals surface area contributed by atoms with Crippen LogP contribution in [0.25, 0.3) is 10.9 Å². The lowest BCUT2D eigenvalue weighted by Gasteiger charge is -2.05. The maximum Gasteiger partial charge on any atom is 0.334 e. The third kappa shape index (κ3) is 2.18. The first-order valence-corrected chi connectivity index (χ1v) is 6.47. The molecule has 0 saturated heterocycles. The second-order valence-corrected chi connectivity index (χ2v) is 5.51. The van der Waals surface area contributed by atoms with Crippen LogP contribution in [0.4, 0.5) is 3.89 Å². The molecule has 0 aliphatic rings. The number of hydrogen-bond acceptors (Lipinski definition) is 4. The second-order valence-electron chi connectivity index (χ2n) is 3.28. The van der Waals surface area contributed by atoms with E-state index in [2.05, 4.69) is 20.9 Å². The Morgan fingerprint density at radius 1 is 1.29 bits per heavy atom. The van der Waals surface area contributed by atoms with Gasteiger partial charge in [0.2, 0.25) is 0 Å². The van der Waals surface area contributed by atoms with E-state index >= 15 is 0 Å². The molecule has 0 radical (unpaired) electrons. The lowest BCUT2D eigenvalue weighted by molar-refractivity contribution is 0.480. The van der Waals surface area contributed by atoms with Gasteiger partial charge in [-0.3, -0.25) is 4.79 Å². The normalized spacial score (nSPS) is 11.9. The highest BCUT2D eigenvalue weighted by Gasteiger charge is 2.19. The van der Waals surface area contributed by atoms with Gasteiger partial charge >= 0.3 is 10.2 Å². The van der Waals surface area contributed by atoms with E-state index in [1.54, 1.807) is 0 Å². The number of aromatic amines is 1. The summed E-state index contributed by atoms with van der Waals surface area (Å²) in [5.41, 5.74) is -0.983. The van der Waals surface area contributed by atoms with Gasteiger partial charge in [0, 0.05) is 15.9 Å². The van der Waals surface area contributed by atoms with Gasteiger partial charge in [0.15, 0.2) is 0 Å². The van der Waals surface area contributed by atoms with Crippen molar-refractivity contribution in [3.05, 3.63) is 33.0 Å². The zero-order valence-corrected chi connectivity index (χ0v) is 10.5. The van der Waals surface area contributed by atoms with E-state index in [0.717, 1.165) is 12.1 Å². The molecule has 0 bridgehead atoms. The van der Waals surface area contributed by atoms with Crippen LogP contribution in [0.2, 0.25) is 0 Å². The van der Waals surface area contributed by atoms with Gasteiger partial charge in [0.1, 0.15) is 10.6 Å². The van der Waals surface area contributed by atoms with Crippen LogP contribution in [0, 0.1) is 0 Å². The van der Waals surface area contributed by atoms with Crippen LogP contribution in [-0.4, -0.2) is 18.5 Å². The van der Waals surface area contributed by atoms with Crippen molar-refractivity contribution in [3.8, 4) is 5.75 Å². The molecular weight excluding hydrogens is 317 g/mol. The Kier molecular flexibility index (Phi) is 2.70. The van der Waals surface area contributed by atoms with Crippen molar-refractivity contribution >= 4 is 37.1 Å². The maximum absolute atomic E-state index is 13.0. The Labute approximate surface area is 103 Å². The Hall–Kier alpha value is -1.41. The van der Waals surface area contributed by atoms with E-state index < -0.39 is 26.4 Å². The van der Waals surface area contributed by atoms with Crippen molar-refractivity contribution in [2.45, 2.75) is 4.90 Å². The Bertz CT molecular complexity index is 768. The highest BCUT2D eigenvalue weighted by atomic mass is 79.9. The fourth-order valence-corrected chi connectivity index (χ4v) is 2.75. The van der Waals surface area contributed by atoms with Crippen LogP contribution in [0.15, 0.2) is 32.4 Å². The van der Waals surface area contributed by atoms with Crippen molar-refractivity contribution < 1.29 is 17.4 Å². The fourth-order valence-electron chi connectivity index (χ4n) is 1.47. The summed E-state index contributed by atoms with van der Waals surface area (Å²) >= 11 is 2.99. The van der Waals surface area contributed by atoms with Crippen LogP contribution in [0.3, 0.4) is 0 Å².